The van der Waals surface area contributed by atoms with E-state index in [-0.39, 0.29) is 537 Å². The van der Waals surface area contributed by atoms with Crippen LogP contribution in [0, 0.1) is 162 Å². The van der Waals surface area contributed by atoms with Gasteiger partial charge < -0.3 is 5.11 Å². The van der Waals surface area contributed by atoms with E-state index in [1.807, 2.05) is 89.2 Å². The first-order valence-electron chi connectivity index (χ1n) is 8.75. The number of aliphatic carboxylic acids is 1. The smallest absolute Gasteiger partial charge is 0.303 e. The molecule has 0 radical (unpaired) electrons. The van der Waals surface area contributed by atoms with Crippen LogP contribution < -0.4 is 0 Å². The van der Waals surface area contributed by atoms with E-state index in [1.54, 1.807) is 6.92 Å². The van der Waals surface area contributed by atoms with Crippen LogP contribution in [-0.4, -0.2) is 16.4 Å². The van der Waals surface area contributed by atoms with Crippen LogP contribution in [-0.2, 0) is 384 Å². The predicted octanol–water partition coefficient (Wildman–Crippen LogP) is 7.89. The van der Waals surface area contributed by atoms with Gasteiger partial charge in [-0.25, -0.2) is 0 Å². The van der Waals surface area contributed by atoms with E-state index in [0.717, 1.165) is 5.33 Å². The van der Waals surface area contributed by atoms with Gasteiger partial charge in [0.15, 0.2) is 0 Å². The molecule has 0 saturated carbocycles. The number of carbonyl (C=O) groups is 1. The molecule has 0 aliphatic heterocycles. The van der Waals surface area contributed by atoms with Gasteiger partial charge >= 0.3 is 5.97 Å². The Hall–Kier alpha value is 16.9. The predicted molar refractivity (Wildman–Crippen MR) is 110 cm³/mol. The molecule has 26 heteroatoms. The molecule has 0 aromatic rings. The van der Waals surface area contributed by atoms with Crippen molar-refractivity contribution in [1.82, 2.24) is 0 Å². The van der Waals surface area contributed by atoms with Gasteiger partial charge in [-0.15, -0.1) is 0 Å². The third kappa shape index (κ3) is 499. The molecule has 0 bridgehead atoms. The first-order valence-corrected chi connectivity index (χ1v) is 9.87. The Bertz CT molecular complexity index is 184. The Labute approximate surface area is 663 Å². The van der Waals surface area contributed by atoms with Crippen LogP contribution in [0.4, 0.5) is 0 Å². The van der Waals surface area contributed by atoms with E-state index in [0.29, 0.717) is 6.42 Å². The third-order valence-electron chi connectivity index (χ3n) is 0.461. The van der Waals surface area contributed by atoms with Gasteiger partial charge in [-0.05, 0) is 0 Å². The molecule has 0 aliphatic carbocycles. The second-order valence-electron chi connectivity index (χ2n) is 1.53. The largest absolute Gasteiger partial charge is 0.481 e. The SMILES string of the molecule is CC.CC.CC.CC.CC.CCBr.CCC#N.CCC(=O)O.[Ar].[Ar].[Ar].[Ar].[W].[W].[W].[W].[W].[W].[W].[W].[W].[W].[W].[W].[W].[W].[W].[W].[W].[W]. The summed E-state index contributed by atoms with van der Waals surface area (Å²) < 4.78 is 0. The maximum absolute atomic E-state index is 9.37. The minimum absolute atomic E-state index is 0. The number of nitrogens with zero attached hydrogens (tertiary/aromatic N) is 1. The molecule has 44 heavy (non-hydrogen) atoms. The zero-order chi connectivity index (χ0) is 20.4. The molecule has 0 heterocycles. The Balaban J connectivity index is -0.00000000173. The maximum atomic E-state index is 9.37. The Morgan fingerprint density at radius 3 is 0.523 bits per heavy atom. The molecule has 0 aliphatic rings. The van der Waals surface area contributed by atoms with Gasteiger partial charge in [0.2, 0.25) is 0 Å². The van der Waals surface area contributed by atoms with Gasteiger partial charge in [0.05, 0.1) is 6.07 Å². The fraction of sp³-hybridized carbons (Fsp3) is 0.889. The number of alkyl halides is 1. The third-order valence-corrected chi connectivity index (χ3v) is 0.461. The molecule has 0 spiro atoms. The van der Waals surface area contributed by atoms with Crippen molar-refractivity contribution < 1.29 is 540 Å². The Kier molecular flexibility index (Phi) is 1900. The number of carboxylic acid groups (broad SMARTS) is 1. The zero-order valence-electron chi connectivity index (χ0n) is 26.6. The van der Waals surface area contributed by atoms with Crippen LogP contribution in [0.1, 0.15) is 103 Å². The minimum atomic E-state index is -0.745. The molecule has 0 amide bonds. The molecular weight excluding hydrogens is 3810 g/mol. The van der Waals surface area contributed by atoms with E-state index in [4.69, 9.17) is 10.4 Å². The van der Waals surface area contributed by atoms with Crippen LogP contribution in [0.5, 0.6) is 0 Å². The quantitative estimate of drug-likeness (QED) is 0.272. The number of hydrogen-bond donors (Lipinski definition) is 1. The molecule has 0 fully saturated rings. The van der Waals surface area contributed by atoms with Crippen molar-refractivity contribution in [2.75, 3.05) is 5.33 Å². The molecule has 1 N–H and O–H groups in total. The summed E-state index contributed by atoms with van der Waals surface area (Å²) in [6.45, 7) is 25.5. The second kappa shape index (κ2) is 364. The molecule has 0 saturated heterocycles. The van der Waals surface area contributed by atoms with E-state index in [2.05, 4.69) is 15.9 Å². The van der Waals surface area contributed by atoms with Crippen LogP contribution in [0.2, 0.25) is 0 Å². The molecule has 3 nitrogen and oxygen atoms in total. The van der Waals surface area contributed by atoms with E-state index in [9.17, 15) is 4.79 Å². The minimum Gasteiger partial charge on any atom is -0.481 e. The van der Waals surface area contributed by atoms with E-state index in [1.165, 1.54) is 0 Å². The summed E-state index contributed by atoms with van der Waals surface area (Å²) in [5, 5.41) is 16.4. The standard InChI is InChI=1S/C3H5N.C3H6O2.C2H5Br.5C2H6.4Ar.18W/c1-2-3-4;1-2-3(4)5;1-2-3;5*1-2;;;;;;;;;;;;;;;;;;;;;;/h2H2,1H3;2H2,1H3,(H,4,5);2H2,1H3;5*1-2H3;;;;;;;;;;;;;;;;;;;;;;. The van der Waals surface area contributed by atoms with E-state index < -0.39 is 5.97 Å². The average Bonchev–Trinajstić information content (AvgIpc) is 2.64. The van der Waals surface area contributed by atoms with Crippen LogP contribution >= 0.6 is 15.9 Å². The molecule has 0 atom stereocenters. The van der Waals surface area contributed by atoms with Crippen molar-refractivity contribution in [2.24, 2.45) is 0 Å². The Morgan fingerprint density at radius 1 is 0.477 bits per heavy atom. The van der Waals surface area contributed by atoms with Gasteiger partial charge in [-0.3, -0.25) is 4.79 Å². The van der Waals surface area contributed by atoms with Gasteiger partial charge in [-0.2, -0.15) is 5.26 Å². The number of halogens is 1. The second-order valence-corrected chi connectivity index (χ2v) is 2.65. The van der Waals surface area contributed by atoms with E-state index >= 15 is 0 Å². The molecule has 0 unspecified atom stereocenters. The van der Waals surface area contributed by atoms with Crippen LogP contribution in [0.3, 0.4) is 0 Å². The van der Waals surface area contributed by atoms with Gasteiger partial charge in [0.25, 0.3) is 0 Å². The first-order chi connectivity index (χ1) is 10.6. The Morgan fingerprint density at radius 2 is 0.523 bits per heavy atom. The number of rotatable bonds is 1. The summed E-state index contributed by atoms with van der Waals surface area (Å²) >= 11 is 3.15. The summed E-state index contributed by atoms with van der Waals surface area (Å²) in [6, 6.07) is 1.93. The molecule has 0 aromatic heterocycles. The molecule has 0 aromatic carbocycles. The first kappa shape index (κ1) is 229. The van der Waals surface area contributed by atoms with Crippen molar-refractivity contribution in [1.29, 1.82) is 5.26 Å². The number of nitriles is 1. The van der Waals surface area contributed by atoms with Crippen LogP contribution in [0.25, 0.3) is 0 Å². The van der Waals surface area contributed by atoms with Gasteiger partial charge in [-0.1, -0.05) is 106 Å². The monoisotopic (exact) mass is 3860 g/mol. The average molecular weight is 3860 g/mol. The fourth-order valence-corrected chi connectivity index (χ4v) is 0. The van der Waals surface area contributed by atoms with Crippen molar-refractivity contribution in [3.63, 3.8) is 0 Å². The van der Waals surface area contributed by atoms with Crippen molar-refractivity contribution in [3.8, 4) is 6.07 Å². The van der Waals surface area contributed by atoms with Crippen LogP contribution in [0.15, 0.2) is 0 Å². The van der Waals surface area contributed by atoms with Crippen molar-refractivity contribution in [3.05, 3.63) is 0 Å². The molecule has 0 rings (SSSR count). The molecule has 282 valence electrons. The topological polar surface area (TPSA) is 61.1 Å². The zero-order valence-corrected chi connectivity index (χ0v) is 83.8. The number of carboxylic acids is 1. The maximum Gasteiger partial charge on any atom is 0.303 e. The number of hydrogen-bond acceptors (Lipinski definition) is 2. The summed E-state index contributed by atoms with van der Waals surface area (Å²) in [6.07, 6.45) is 0.847. The van der Waals surface area contributed by atoms with Gasteiger partial charge in [0.1, 0.15) is 0 Å². The summed E-state index contributed by atoms with van der Waals surface area (Å²) in [5.74, 6) is -0.745. The summed E-state index contributed by atoms with van der Waals surface area (Å²) in [5.41, 5.74) is 0. The summed E-state index contributed by atoms with van der Waals surface area (Å²) in [7, 11) is 0. The normalized spacial score (nSPS) is 2.39. The molecular formula is C18H46Ar4BrNO2W18. The summed E-state index contributed by atoms with van der Waals surface area (Å²) in [4.78, 5) is 9.37. The fourth-order valence-electron chi connectivity index (χ4n) is 0. The van der Waals surface area contributed by atoms with Crippen molar-refractivity contribution in [2.45, 2.75) is 103 Å². The van der Waals surface area contributed by atoms with Gasteiger partial charge in [0, 0.05) is 548 Å². The van der Waals surface area contributed by atoms with Crippen molar-refractivity contribution >= 4 is 21.9 Å².